The number of nitrogens with two attached hydrogens (primary N) is 1. The van der Waals surface area contributed by atoms with Crippen LogP contribution in [-0.4, -0.2) is 11.9 Å². The highest BCUT2D eigenvalue weighted by Gasteiger charge is 2.40. The third-order valence-electron chi connectivity index (χ3n) is 5.57. The number of fused-ring (bicyclic) bond motifs is 2. The molecule has 3 nitrogen and oxygen atoms in total. The molecule has 2 aliphatic carbocycles. The second kappa shape index (κ2) is 7.79. The lowest BCUT2D eigenvalue weighted by Gasteiger charge is -2.43. The van der Waals surface area contributed by atoms with Crippen molar-refractivity contribution in [3.05, 3.63) is 35.4 Å². The molecule has 1 aromatic carbocycles. The van der Waals surface area contributed by atoms with Gasteiger partial charge in [-0.05, 0) is 50.5 Å². The Morgan fingerprint density at radius 2 is 1.88 bits per heavy atom. The van der Waals surface area contributed by atoms with Gasteiger partial charge in [0.05, 0.1) is 6.04 Å². The number of benzene rings is 1. The van der Waals surface area contributed by atoms with Crippen molar-refractivity contribution in [3.63, 3.8) is 0 Å². The second-order valence-corrected chi connectivity index (χ2v) is 7.09. The Bertz CT molecular complexity index is 584. The number of hydrogen-bond donors (Lipinski definition) is 2. The molecule has 0 aliphatic heterocycles. The van der Waals surface area contributed by atoms with Crippen molar-refractivity contribution in [1.82, 2.24) is 5.32 Å². The van der Waals surface area contributed by atoms with Gasteiger partial charge in [-0.25, -0.2) is 8.78 Å². The largest absolute Gasteiger partial charge is 0.349 e. The summed E-state index contributed by atoms with van der Waals surface area (Å²) in [5, 5.41) is 2.89. The van der Waals surface area contributed by atoms with E-state index in [-0.39, 0.29) is 30.3 Å². The van der Waals surface area contributed by atoms with Crippen LogP contribution in [0.2, 0.25) is 0 Å². The molecule has 24 heavy (non-hydrogen) atoms. The number of amides is 1. The Labute approximate surface area is 147 Å². The van der Waals surface area contributed by atoms with Crippen molar-refractivity contribution < 1.29 is 13.6 Å². The van der Waals surface area contributed by atoms with Crippen molar-refractivity contribution in [2.45, 2.75) is 51.1 Å². The molecule has 2 aliphatic rings. The van der Waals surface area contributed by atoms with Gasteiger partial charge >= 0.3 is 0 Å². The Kier molecular flexibility index (Phi) is 6.21. The third-order valence-corrected chi connectivity index (χ3v) is 5.57. The van der Waals surface area contributed by atoms with Crippen LogP contribution in [0, 0.1) is 29.4 Å². The van der Waals surface area contributed by atoms with Gasteiger partial charge < -0.3 is 11.1 Å². The molecule has 0 saturated heterocycles. The summed E-state index contributed by atoms with van der Waals surface area (Å²) in [5.74, 6) is -0.465. The number of carbonyl (C=O) groups excluding carboxylic acids is 1. The van der Waals surface area contributed by atoms with Crippen molar-refractivity contribution >= 4 is 18.3 Å². The summed E-state index contributed by atoms with van der Waals surface area (Å²) >= 11 is 0. The minimum absolute atomic E-state index is 0. The Balaban J connectivity index is 0.00000208. The number of halogens is 3. The number of nitrogens with one attached hydrogen (secondary N) is 1. The lowest BCUT2D eigenvalue weighted by Crippen LogP contribution is -2.49. The molecule has 1 aromatic rings. The minimum Gasteiger partial charge on any atom is -0.349 e. The van der Waals surface area contributed by atoms with Gasteiger partial charge in [-0.1, -0.05) is 12.5 Å². The third kappa shape index (κ3) is 3.89. The summed E-state index contributed by atoms with van der Waals surface area (Å²) in [7, 11) is 0. The van der Waals surface area contributed by atoms with E-state index < -0.39 is 17.7 Å². The van der Waals surface area contributed by atoms with Crippen LogP contribution >= 0.6 is 12.4 Å². The maximum atomic E-state index is 13.8. The van der Waals surface area contributed by atoms with Gasteiger partial charge in [-0.2, -0.15) is 0 Å². The van der Waals surface area contributed by atoms with Crippen LogP contribution in [0.3, 0.4) is 0 Å². The predicted octanol–water partition coefficient (Wildman–Crippen LogP) is 3.72. The summed E-state index contributed by atoms with van der Waals surface area (Å²) in [6.07, 6.45) is 5.05. The molecule has 0 spiro atoms. The molecule has 3 rings (SSSR count). The topological polar surface area (TPSA) is 55.1 Å². The Hall–Kier alpha value is -1.20. The normalized spacial score (nSPS) is 30.2. The zero-order valence-electron chi connectivity index (χ0n) is 13.8. The first-order chi connectivity index (χ1) is 11.0. The summed E-state index contributed by atoms with van der Waals surface area (Å²) in [4.78, 5) is 12.5. The molecule has 1 amide bonds. The zero-order chi connectivity index (χ0) is 16.6. The molecule has 3 unspecified atom stereocenters. The van der Waals surface area contributed by atoms with Crippen molar-refractivity contribution in [2.24, 2.45) is 23.5 Å². The molecule has 0 aromatic heterocycles. The first kappa shape index (κ1) is 19.1. The van der Waals surface area contributed by atoms with Crippen LogP contribution in [-0.2, 0) is 4.79 Å². The summed E-state index contributed by atoms with van der Waals surface area (Å²) in [6, 6.07) is 3.20. The van der Waals surface area contributed by atoms with E-state index >= 15 is 0 Å². The zero-order valence-corrected chi connectivity index (χ0v) is 14.6. The van der Waals surface area contributed by atoms with Gasteiger partial charge in [0.15, 0.2) is 0 Å². The second-order valence-electron chi connectivity index (χ2n) is 7.09. The van der Waals surface area contributed by atoms with Crippen LogP contribution in [0.25, 0.3) is 0 Å². The molecule has 0 heterocycles. The molecule has 134 valence electrons. The molecule has 2 saturated carbocycles. The minimum atomic E-state index is -0.625. The van der Waals surface area contributed by atoms with Crippen LogP contribution in [0.5, 0.6) is 0 Å². The van der Waals surface area contributed by atoms with Gasteiger partial charge in [0, 0.05) is 23.6 Å². The lowest BCUT2D eigenvalue weighted by atomic mass is 9.65. The average molecular weight is 359 g/mol. The predicted molar refractivity (Wildman–Crippen MR) is 91.7 cm³/mol. The highest BCUT2D eigenvalue weighted by molar-refractivity contribution is 5.85. The first-order valence-corrected chi connectivity index (χ1v) is 8.46. The first-order valence-electron chi connectivity index (χ1n) is 8.46. The van der Waals surface area contributed by atoms with Gasteiger partial charge in [0.25, 0.3) is 0 Å². The molecule has 2 fully saturated rings. The van der Waals surface area contributed by atoms with Crippen LogP contribution < -0.4 is 11.1 Å². The van der Waals surface area contributed by atoms with Gasteiger partial charge in [0.2, 0.25) is 5.91 Å². The van der Waals surface area contributed by atoms with E-state index in [2.05, 4.69) is 5.32 Å². The van der Waals surface area contributed by atoms with Gasteiger partial charge in [-0.15, -0.1) is 12.4 Å². The molecular formula is C18H25ClF2N2O. The molecule has 3 atom stereocenters. The van der Waals surface area contributed by atoms with E-state index in [4.69, 9.17) is 5.73 Å². The van der Waals surface area contributed by atoms with E-state index in [1.165, 1.54) is 18.6 Å². The van der Waals surface area contributed by atoms with Crippen molar-refractivity contribution in [3.8, 4) is 0 Å². The van der Waals surface area contributed by atoms with Crippen LogP contribution in [0.1, 0.15) is 50.6 Å². The standard InChI is InChI=1S/C18H24F2N2O.ClH/c1-10(15-6-5-14(19)9-16(15)20)22-18(23)13-7-11-3-2-4-12(8-13)17(11)21;/h5-6,9-13,17H,2-4,7-8,21H2,1H3,(H,22,23);1H. The smallest absolute Gasteiger partial charge is 0.223 e. The highest BCUT2D eigenvalue weighted by atomic mass is 35.5. The van der Waals surface area contributed by atoms with Crippen LogP contribution in [0.4, 0.5) is 8.78 Å². The number of rotatable bonds is 3. The van der Waals surface area contributed by atoms with Crippen molar-refractivity contribution in [2.75, 3.05) is 0 Å². The van der Waals surface area contributed by atoms with Crippen LogP contribution in [0.15, 0.2) is 18.2 Å². The molecule has 2 bridgehead atoms. The molecule has 0 radical (unpaired) electrons. The van der Waals surface area contributed by atoms with E-state index in [0.29, 0.717) is 17.4 Å². The number of hydrogen-bond acceptors (Lipinski definition) is 2. The van der Waals surface area contributed by atoms with E-state index in [1.807, 2.05) is 0 Å². The maximum absolute atomic E-state index is 13.8. The summed E-state index contributed by atoms with van der Waals surface area (Å²) in [6.45, 7) is 1.73. The maximum Gasteiger partial charge on any atom is 0.223 e. The van der Waals surface area contributed by atoms with Gasteiger partial charge in [0.1, 0.15) is 11.6 Å². The monoisotopic (exact) mass is 358 g/mol. The summed E-state index contributed by atoms with van der Waals surface area (Å²) in [5.41, 5.74) is 6.57. The fourth-order valence-electron chi connectivity index (χ4n) is 4.26. The van der Waals surface area contributed by atoms with Gasteiger partial charge in [-0.3, -0.25) is 4.79 Å². The Morgan fingerprint density at radius 3 is 2.46 bits per heavy atom. The highest BCUT2D eigenvalue weighted by Crippen LogP contribution is 2.42. The molecule has 3 N–H and O–H groups in total. The van der Waals surface area contributed by atoms with Crippen molar-refractivity contribution in [1.29, 1.82) is 0 Å². The molecule has 6 heteroatoms. The lowest BCUT2D eigenvalue weighted by molar-refractivity contribution is -0.128. The average Bonchev–Trinajstić information content (AvgIpc) is 2.46. The fourth-order valence-corrected chi connectivity index (χ4v) is 4.26. The SMILES string of the molecule is CC(NC(=O)C1CC2CCCC(C1)C2N)c1ccc(F)cc1F.Cl. The quantitative estimate of drug-likeness (QED) is 0.865. The summed E-state index contributed by atoms with van der Waals surface area (Å²) < 4.78 is 26.8. The van der Waals surface area contributed by atoms with E-state index in [0.717, 1.165) is 31.7 Å². The Morgan fingerprint density at radius 1 is 1.25 bits per heavy atom. The number of carbonyl (C=O) groups is 1. The van der Waals surface area contributed by atoms with E-state index in [1.54, 1.807) is 6.92 Å². The molecular weight excluding hydrogens is 334 g/mol. The fraction of sp³-hybridized carbons (Fsp3) is 0.611. The van der Waals surface area contributed by atoms with E-state index in [9.17, 15) is 13.6 Å².